The number of halogens is 2. The van der Waals surface area contributed by atoms with Gasteiger partial charge < -0.3 is 5.73 Å². The summed E-state index contributed by atoms with van der Waals surface area (Å²) in [6.07, 6.45) is 0. The third-order valence-electron chi connectivity index (χ3n) is 2.40. The summed E-state index contributed by atoms with van der Waals surface area (Å²) >= 11 is 11.2. The number of aryl methyl sites for hydroxylation is 1. The van der Waals surface area contributed by atoms with Crippen LogP contribution >= 0.6 is 38.9 Å². The van der Waals surface area contributed by atoms with E-state index in [1.807, 2.05) is 24.4 Å². The molecule has 0 saturated carbocycles. The largest absolute Gasteiger partial charge is 0.320 e. The fraction of sp³-hybridized carbons (Fsp3) is 0.167. The molecule has 1 nitrogen and oxygen atoms in total. The van der Waals surface area contributed by atoms with Gasteiger partial charge in [-0.1, -0.05) is 17.7 Å². The Morgan fingerprint density at radius 2 is 2.06 bits per heavy atom. The average molecular weight is 317 g/mol. The first kappa shape index (κ1) is 12.1. The molecule has 0 amide bonds. The lowest BCUT2D eigenvalue weighted by atomic mass is 10.0. The molecule has 0 saturated heterocycles. The van der Waals surface area contributed by atoms with Gasteiger partial charge in [-0.15, -0.1) is 0 Å². The Balaban J connectivity index is 2.41. The summed E-state index contributed by atoms with van der Waals surface area (Å²) in [6, 6.07) is 5.79. The van der Waals surface area contributed by atoms with Crippen LogP contribution in [0.2, 0.25) is 5.02 Å². The highest BCUT2D eigenvalue weighted by Gasteiger charge is 2.13. The minimum atomic E-state index is -0.127. The van der Waals surface area contributed by atoms with Crippen molar-refractivity contribution in [3.8, 4) is 0 Å². The normalized spacial score (nSPS) is 12.8. The maximum absolute atomic E-state index is 6.22. The van der Waals surface area contributed by atoms with Crippen LogP contribution in [0.15, 0.2) is 33.4 Å². The van der Waals surface area contributed by atoms with E-state index in [1.165, 1.54) is 0 Å². The molecule has 0 spiro atoms. The highest BCUT2D eigenvalue weighted by atomic mass is 79.9. The molecule has 84 valence electrons. The summed E-state index contributed by atoms with van der Waals surface area (Å²) in [6.45, 7) is 2.02. The molecule has 1 atom stereocenters. The van der Waals surface area contributed by atoms with Gasteiger partial charge in [0.1, 0.15) is 0 Å². The van der Waals surface area contributed by atoms with Crippen LogP contribution in [0.3, 0.4) is 0 Å². The molecular formula is C12H11BrClNS. The minimum absolute atomic E-state index is 0.127. The van der Waals surface area contributed by atoms with Crippen molar-refractivity contribution in [1.82, 2.24) is 0 Å². The van der Waals surface area contributed by atoms with Crippen molar-refractivity contribution in [1.29, 1.82) is 0 Å². The van der Waals surface area contributed by atoms with Gasteiger partial charge in [-0.2, -0.15) is 11.3 Å². The standard InChI is InChI=1S/C12H11BrClNS/c1-7-2-8(4-9(14)3-7)12(15)10-5-16-6-11(10)13/h2-6,12H,15H2,1H3. The maximum atomic E-state index is 6.22. The lowest BCUT2D eigenvalue weighted by Gasteiger charge is -2.12. The fourth-order valence-corrected chi connectivity index (χ4v) is 3.52. The van der Waals surface area contributed by atoms with Gasteiger partial charge in [0.25, 0.3) is 0 Å². The smallest absolute Gasteiger partial charge is 0.0571 e. The van der Waals surface area contributed by atoms with Crippen LogP contribution in [0, 0.1) is 6.92 Å². The first-order valence-corrected chi connectivity index (χ1v) is 6.93. The quantitative estimate of drug-likeness (QED) is 0.866. The molecule has 0 aliphatic heterocycles. The summed E-state index contributed by atoms with van der Waals surface area (Å²) in [5.41, 5.74) is 9.50. The SMILES string of the molecule is Cc1cc(Cl)cc(C(N)c2cscc2Br)c1. The van der Waals surface area contributed by atoms with Crippen LogP contribution in [-0.4, -0.2) is 0 Å². The van der Waals surface area contributed by atoms with Crippen molar-refractivity contribution in [3.63, 3.8) is 0 Å². The van der Waals surface area contributed by atoms with Gasteiger partial charge in [-0.05, 0) is 57.1 Å². The first-order chi connectivity index (χ1) is 7.58. The van der Waals surface area contributed by atoms with Gasteiger partial charge in [0.15, 0.2) is 0 Å². The fourth-order valence-electron chi connectivity index (χ4n) is 1.64. The minimum Gasteiger partial charge on any atom is -0.320 e. The molecular weight excluding hydrogens is 306 g/mol. The molecule has 2 N–H and O–H groups in total. The molecule has 1 aromatic heterocycles. The number of rotatable bonds is 2. The third-order valence-corrected chi connectivity index (χ3v) is 4.37. The molecule has 0 fully saturated rings. The molecule has 0 aliphatic carbocycles. The zero-order chi connectivity index (χ0) is 11.7. The highest BCUT2D eigenvalue weighted by molar-refractivity contribution is 9.10. The van der Waals surface area contributed by atoms with E-state index in [1.54, 1.807) is 11.3 Å². The Morgan fingerprint density at radius 3 is 2.62 bits per heavy atom. The van der Waals surface area contributed by atoms with Crippen molar-refractivity contribution in [3.05, 3.63) is 55.1 Å². The second-order valence-electron chi connectivity index (χ2n) is 3.71. The zero-order valence-electron chi connectivity index (χ0n) is 8.71. The average Bonchev–Trinajstić information content (AvgIpc) is 2.62. The van der Waals surface area contributed by atoms with Crippen LogP contribution in [0.4, 0.5) is 0 Å². The summed E-state index contributed by atoms with van der Waals surface area (Å²) in [7, 11) is 0. The molecule has 16 heavy (non-hydrogen) atoms. The van der Waals surface area contributed by atoms with Gasteiger partial charge >= 0.3 is 0 Å². The Kier molecular flexibility index (Phi) is 3.70. The van der Waals surface area contributed by atoms with Gasteiger partial charge in [-0.3, -0.25) is 0 Å². The van der Waals surface area contributed by atoms with E-state index < -0.39 is 0 Å². The summed E-state index contributed by atoms with van der Waals surface area (Å²) in [4.78, 5) is 0. The second-order valence-corrected chi connectivity index (χ2v) is 5.75. The van der Waals surface area contributed by atoms with Crippen LogP contribution in [0.5, 0.6) is 0 Å². The first-order valence-electron chi connectivity index (χ1n) is 4.82. The predicted molar refractivity (Wildman–Crippen MR) is 74.2 cm³/mol. The van der Waals surface area contributed by atoms with E-state index in [-0.39, 0.29) is 6.04 Å². The predicted octanol–water partition coefficient (Wildman–Crippen LogP) is 4.52. The van der Waals surface area contributed by atoms with Crippen LogP contribution < -0.4 is 5.73 Å². The van der Waals surface area contributed by atoms with E-state index in [0.29, 0.717) is 0 Å². The lowest BCUT2D eigenvalue weighted by molar-refractivity contribution is 0.870. The van der Waals surface area contributed by atoms with Crippen molar-refractivity contribution in [2.45, 2.75) is 13.0 Å². The lowest BCUT2D eigenvalue weighted by Crippen LogP contribution is -2.11. The van der Waals surface area contributed by atoms with Crippen LogP contribution in [-0.2, 0) is 0 Å². The molecule has 1 heterocycles. The van der Waals surface area contributed by atoms with Gasteiger partial charge in [0.05, 0.1) is 6.04 Å². The number of hydrogen-bond acceptors (Lipinski definition) is 2. The number of hydrogen-bond donors (Lipinski definition) is 1. The van der Waals surface area contributed by atoms with E-state index >= 15 is 0 Å². The van der Waals surface area contributed by atoms with Crippen molar-refractivity contribution < 1.29 is 0 Å². The summed E-state index contributed by atoms with van der Waals surface area (Å²) in [5.74, 6) is 0. The maximum Gasteiger partial charge on any atom is 0.0571 e. The second kappa shape index (κ2) is 4.88. The monoisotopic (exact) mass is 315 g/mol. The zero-order valence-corrected chi connectivity index (χ0v) is 11.9. The van der Waals surface area contributed by atoms with Crippen LogP contribution in [0.1, 0.15) is 22.7 Å². The molecule has 2 aromatic rings. The Morgan fingerprint density at radius 1 is 1.31 bits per heavy atom. The topological polar surface area (TPSA) is 26.0 Å². The summed E-state index contributed by atoms with van der Waals surface area (Å²) in [5, 5.41) is 4.83. The number of benzene rings is 1. The van der Waals surface area contributed by atoms with E-state index in [9.17, 15) is 0 Å². The number of nitrogens with two attached hydrogens (primary N) is 1. The van der Waals surface area contributed by atoms with Gasteiger partial charge in [0.2, 0.25) is 0 Å². The molecule has 1 unspecified atom stereocenters. The van der Waals surface area contributed by atoms with E-state index in [4.69, 9.17) is 17.3 Å². The molecule has 0 radical (unpaired) electrons. The number of thiophene rings is 1. The Labute approximate surface area is 112 Å². The van der Waals surface area contributed by atoms with Crippen molar-refractivity contribution in [2.24, 2.45) is 5.73 Å². The molecule has 1 aromatic carbocycles. The van der Waals surface area contributed by atoms with E-state index in [0.717, 1.165) is 26.2 Å². The third kappa shape index (κ3) is 2.48. The highest BCUT2D eigenvalue weighted by Crippen LogP contribution is 2.31. The van der Waals surface area contributed by atoms with Gasteiger partial charge in [-0.25, -0.2) is 0 Å². The van der Waals surface area contributed by atoms with E-state index in [2.05, 4.69) is 27.4 Å². The molecule has 2 rings (SSSR count). The van der Waals surface area contributed by atoms with Crippen molar-refractivity contribution >= 4 is 38.9 Å². The Bertz CT molecular complexity index is 489. The molecule has 4 heteroatoms. The Hall–Kier alpha value is -0.350. The van der Waals surface area contributed by atoms with Crippen molar-refractivity contribution in [2.75, 3.05) is 0 Å². The molecule has 0 aliphatic rings. The van der Waals surface area contributed by atoms with Gasteiger partial charge in [0, 0.05) is 14.9 Å². The van der Waals surface area contributed by atoms with Crippen LogP contribution in [0.25, 0.3) is 0 Å². The summed E-state index contributed by atoms with van der Waals surface area (Å²) < 4.78 is 1.06. The molecule has 0 bridgehead atoms.